The molecule has 0 fully saturated rings. The summed E-state index contributed by atoms with van der Waals surface area (Å²) in [6.07, 6.45) is 3.67. The maximum atomic E-state index is 11.0. The fourth-order valence-electron chi connectivity index (χ4n) is 1.88. The number of hydrogen-bond donors (Lipinski definition) is 2. The predicted octanol–water partition coefficient (Wildman–Crippen LogP) is 2.83. The minimum absolute atomic E-state index is 0.557. The van der Waals surface area contributed by atoms with Gasteiger partial charge in [0.1, 0.15) is 5.75 Å². The van der Waals surface area contributed by atoms with Crippen molar-refractivity contribution in [2.45, 2.75) is 6.42 Å². The van der Waals surface area contributed by atoms with Crippen LogP contribution in [0.4, 0.5) is 0 Å². The number of carbonyl (C=O) groups excluding carboxylic acids is 1. The summed E-state index contributed by atoms with van der Waals surface area (Å²) in [5.41, 5.74) is 3.55. The van der Waals surface area contributed by atoms with Crippen molar-refractivity contribution < 1.29 is 14.7 Å². The van der Waals surface area contributed by atoms with Crippen LogP contribution in [0.2, 0.25) is 0 Å². The molecule has 0 atom stereocenters. The second-order valence-electron chi connectivity index (χ2n) is 4.43. The van der Waals surface area contributed by atoms with E-state index in [9.17, 15) is 4.79 Å². The van der Waals surface area contributed by atoms with E-state index < -0.39 is 5.91 Å². The summed E-state index contributed by atoms with van der Waals surface area (Å²) >= 11 is 0. The zero-order valence-corrected chi connectivity index (χ0v) is 11.5. The highest BCUT2D eigenvalue weighted by molar-refractivity contribution is 5.91. The highest BCUT2D eigenvalue weighted by Crippen LogP contribution is 2.19. The van der Waals surface area contributed by atoms with Crippen molar-refractivity contribution in [2.24, 2.45) is 0 Å². The van der Waals surface area contributed by atoms with Gasteiger partial charge < -0.3 is 4.74 Å². The largest absolute Gasteiger partial charge is 0.493 e. The molecule has 2 rings (SSSR count). The molecule has 2 aromatic rings. The third-order valence-electron chi connectivity index (χ3n) is 2.93. The first-order valence-electron chi connectivity index (χ1n) is 6.67. The van der Waals surface area contributed by atoms with Crippen molar-refractivity contribution in [1.29, 1.82) is 0 Å². The topological polar surface area (TPSA) is 58.6 Å². The highest BCUT2D eigenvalue weighted by atomic mass is 16.5. The van der Waals surface area contributed by atoms with Crippen molar-refractivity contribution in [1.82, 2.24) is 5.48 Å². The third kappa shape index (κ3) is 4.78. The van der Waals surface area contributed by atoms with E-state index in [4.69, 9.17) is 9.94 Å². The number of hydroxylamine groups is 1. The number of amides is 1. The van der Waals surface area contributed by atoms with Gasteiger partial charge in [-0.05, 0) is 17.7 Å². The molecule has 0 spiro atoms. The Balaban J connectivity index is 1.97. The van der Waals surface area contributed by atoms with Crippen molar-refractivity contribution >= 4 is 12.0 Å². The van der Waals surface area contributed by atoms with Gasteiger partial charge in [-0.1, -0.05) is 48.5 Å². The number of hydrogen-bond acceptors (Lipinski definition) is 3. The van der Waals surface area contributed by atoms with Gasteiger partial charge in [-0.15, -0.1) is 0 Å². The first-order chi connectivity index (χ1) is 10.3. The van der Waals surface area contributed by atoms with Crippen LogP contribution in [0.5, 0.6) is 5.75 Å². The Morgan fingerprint density at radius 2 is 1.81 bits per heavy atom. The quantitative estimate of drug-likeness (QED) is 0.487. The summed E-state index contributed by atoms with van der Waals surface area (Å²) in [6.45, 7) is 0.557. The molecule has 2 N–H and O–H groups in total. The fourth-order valence-corrected chi connectivity index (χ4v) is 1.88. The normalized spacial score (nSPS) is 10.5. The summed E-state index contributed by atoms with van der Waals surface area (Å²) in [6, 6.07) is 17.5. The van der Waals surface area contributed by atoms with E-state index in [-0.39, 0.29) is 0 Å². The predicted molar refractivity (Wildman–Crippen MR) is 81.0 cm³/mol. The Morgan fingerprint density at radius 3 is 2.57 bits per heavy atom. The molecule has 0 unspecified atom stereocenters. The van der Waals surface area contributed by atoms with E-state index in [0.29, 0.717) is 12.4 Å². The molecule has 0 saturated carbocycles. The number of carbonyl (C=O) groups is 1. The maximum absolute atomic E-state index is 11.0. The van der Waals surface area contributed by atoms with Crippen molar-refractivity contribution in [2.75, 3.05) is 6.61 Å². The fraction of sp³-hybridized carbons (Fsp3) is 0.118. The minimum Gasteiger partial charge on any atom is -0.493 e. The van der Waals surface area contributed by atoms with E-state index >= 15 is 0 Å². The van der Waals surface area contributed by atoms with Gasteiger partial charge in [-0.25, -0.2) is 5.48 Å². The second kappa shape index (κ2) is 7.87. The van der Waals surface area contributed by atoms with Crippen molar-refractivity contribution in [3.05, 3.63) is 71.8 Å². The Hall–Kier alpha value is -2.59. The average molecular weight is 283 g/mol. The first-order valence-corrected chi connectivity index (χ1v) is 6.67. The molecule has 0 radical (unpaired) electrons. The number of para-hydroxylation sites is 1. The van der Waals surface area contributed by atoms with E-state index in [2.05, 4.69) is 12.1 Å². The molecule has 0 aliphatic carbocycles. The molecule has 0 aromatic heterocycles. The highest BCUT2D eigenvalue weighted by Gasteiger charge is 2.01. The summed E-state index contributed by atoms with van der Waals surface area (Å²) in [4.78, 5) is 11.0. The molecule has 4 nitrogen and oxygen atoms in total. The van der Waals surface area contributed by atoms with Crippen LogP contribution in [0.1, 0.15) is 11.1 Å². The molecule has 0 aliphatic heterocycles. The van der Waals surface area contributed by atoms with Crippen LogP contribution in [0.15, 0.2) is 60.7 Å². The summed E-state index contributed by atoms with van der Waals surface area (Å²) in [5, 5.41) is 8.47. The lowest BCUT2D eigenvalue weighted by Crippen LogP contribution is -2.14. The molecule has 108 valence electrons. The lowest BCUT2D eigenvalue weighted by molar-refractivity contribution is -0.124. The molecular weight excluding hydrogens is 266 g/mol. The first kappa shape index (κ1) is 14.8. The van der Waals surface area contributed by atoms with E-state index in [0.717, 1.165) is 12.0 Å². The lowest BCUT2D eigenvalue weighted by atomic mass is 10.1. The Kier molecular flexibility index (Phi) is 5.55. The Labute approximate surface area is 123 Å². The van der Waals surface area contributed by atoms with Crippen LogP contribution in [0, 0.1) is 0 Å². The lowest BCUT2D eigenvalue weighted by Gasteiger charge is -2.09. The van der Waals surface area contributed by atoms with Crippen LogP contribution in [-0.4, -0.2) is 17.7 Å². The number of nitrogens with one attached hydrogen (secondary N) is 1. The van der Waals surface area contributed by atoms with Gasteiger partial charge in [0.05, 0.1) is 6.61 Å². The summed E-state index contributed by atoms with van der Waals surface area (Å²) in [7, 11) is 0. The maximum Gasteiger partial charge on any atom is 0.267 e. The van der Waals surface area contributed by atoms with Crippen LogP contribution in [-0.2, 0) is 11.2 Å². The van der Waals surface area contributed by atoms with Crippen molar-refractivity contribution in [3.63, 3.8) is 0 Å². The van der Waals surface area contributed by atoms with E-state index in [1.807, 2.05) is 42.5 Å². The number of ether oxygens (including phenoxy) is 1. The summed E-state index contributed by atoms with van der Waals surface area (Å²) in [5.74, 6) is 0.129. The third-order valence-corrected chi connectivity index (χ3v) is 2.93. The molecule has 0 heterocycles. The van der Waals surface area contributed by atoms with E-state index in [1.54, 1.807) is 11.6 Å². The minimum atomic E-state index is -0.575. The Bertz CT molecular complexity index is 608. The van der Waals surface area contributed by atoms with Crippen LogP contribution >= 0.6 is 0 Å². The smallest absolute Gasteiger partial charge is 0.267 e. The van der Waals surface area contributed by atoms with Gasteiger partial charge in [0, 0.05) is 18.1 Å². The van der Waals surface area contributed by atoms with Gasteiger partial charge >= 0.3 is 0 Å². The molecule has 0 bridgehead atoms. The van der Waals surface area contributed by atoms with Gasteiger partial charge in [0.25, 0.3) is 5.91 Å². The van der Waals surface area contributed by atoms with Gasteiger partial charge in [-0.2, -0.15) is 0 Å². The van der Waals surface area contributed by atoms with Gasteiger partial charge in [-0.3, -0.25) is 10.0 Å². The van der Waals surface area contributed by atoms with Crippen molar-refractivity contribution in [3.8, 4) is 5.75 Å². The molecular formula is C17H17NO3. The molecule has 21 heavy (non-hydrogen) atoms. The van der Waals surface area contributed by atoms with Crippen LogP contribution in [0.25, 0.3) is 6.08 Å². The molecule has 0 aliphatic rings. The number of benzene rings is 2. The summed E-state index contributed by atoms with van der Waals surface area (Å²) < 4.78 is 5.76. The monoisotopic (exact) mass is 283 g/mol. The zero-order chi connectivity index (χ0) is 14.9. The van der Waals surface area contributed by atoms with Crippen LogP contribution < -0.4 is 10.2 Å². The van der Waals surface area contributed by atoms with E-state index in [1.165, 1.54) is 11.6 Å². The SMILES string of the molecule is O=C(/C=C/c1ccccc1OCCc1ccccc1)NO. The molecule has 0 saturated heterocycles. The molecule has 1 amide bonds. The van der Waals surface area contributed by atoms with Crippen LogP contribution in [0.3, 0.4) is 0 Å². The standard InChI is InChI=1S/C17H17NO3/c19-17(18-20)11-10-15-8-4-5-9-16(15)21-13-12-14-6-2-1-3-7-14/h1-11,20H,12-13H2,(H,18,19)/b11-10+. The zero-order valence-electron chi connectivity index (χ0n) is 11.5. The van der Waals surface area contributed by atoms with Gasteiger partial charge in [0.2, 0.25) is 0 Å². The molecule has 4 heteroatoms. The number of rotatable bonds is 6. The Morgan fingerprint density at radius 1 is 1.10 bits per heavy atom. The average Bonchev–Trinajstić information content (AvgIpc) is 2.54. The second-order valence-corrected chi connectivity index (χ2v) is 4.43. The van der Waals surface area contributed by atoms with Gasteiger partial charge in [0.15, 0.2) is 0 Å². The molecule has 2 aromatic carbocycles.